The molecule has 0 amide bonds. The molecule has 92 valence electrons. The molecule has 0 saturated carbocycles. The summed E-state index contributed by atoms with van der Waals surface area (Å²) in [7, 11) is 2.04. The van der Waals surface area contributed by atoms with Crippen LogP contribution < -0.4 is 9.80 Å². The van der Waals surface area contributed by atoms with Gasteiger partial charge in [0.05, 0.1) is 11.4 Å². The lowest BCUT2D eigenvalue weighted by molar-refractivity contribution is -0.135. The minimum Gasteiger partial charge on any atom is -0.480 e. The van der Waals surface area contributed by atoms with Gasteiger partial charge < -0.3 is 14.9 Å². The predicted octanol–water partition coefficient (Wildman–Crippen LogP) is 2.18. The molecule has 1 aromatic rings. The molecule has 1 aliphatic rings. The van der Waals surface area contributed by atoms with Crippen LogP contribution in [-0.4, -0.2) is 37.8 Å². The van der Waals surface area contributed by atoms with E-state index in [-0.39, 0.29) is 6.54 Å². The Balaban J connectivity index is 2.39. The van der Waals surface area contributed by atoms with Gasteiger partial charge in [-0.05, 0) is 24.6 Å². The summed E-state index contributed by atoms with van der Waals surface area (Å²) in [5.41, 5.74) is 2.08. The van der Waals surface area contributed by atoms with Crippen LogP contribution in [0.15, 0.2) is 22.7 Å². The first-order chi connectivity index (χ1) is 8.08. The predicted molar refractivity (Wildman–Crippen MR) is 71.9 cm³/mol. The SMILES string of the molecule is CN1CCCN(CC(=O)O)c2ccc(Br)cc21. The molecule has 0 aromatic heterocycles. The van der Waals surface area contributed by atoms with Crippen molar-refractivity contribution in [1.29, 1.82) is 0 Å². The van der Waals surface area contributed by atoms with E-state index in [1.807, 2.05) is 30.1 Å². The first-order valence-electron chi connectivity index (χ1n) is 5.55. The average molecular weight is 299 g/mol. The van der Waals surface area contributed by atoms with Crippen LogP contribution in [-0.2, 0) is 4.79 Å². The summed E-state index contributed by atoms with van der Waals surface area (Å²) in [5.74, 6) is -0.788. The second-order valence-electron chi connectivity index (χ2n) is 4.22. The Morgan fingerprint density at radius 3 is 2.88 bits per heavy atom. The number of hydrogen-bond donors (Lipinski definition) is 1. The van der Waals surface area contributed by atoms with Crippen LogP contribution in [0.1, 0.15) is 6.42 Å². The number of carbonyl (C=O) groups is 1. The van der Waals surface area contributed by atoms with Crippen molar-refractivity contribution in [2.75, 3.05) is 36.5 Å². The minimum absolute atomic E-state index is 0.0580. The van der Waals surface area contributed by atoms with Crippen LogP contribution in [0.3, 0.4) is 0 Å². The van der Waals surface area contributed by atoms with E-state index in [2.05, 4.69) is 20.8 Å². The van der Waals surface area contributed by atoms with Gasteiger partial charge in [-0.1, -0.05) is 15.9 Å². The highest BCUT2D eigenvalue weighted by atomic mass is 79.9. The van der Waals surface area contributed by atoms with Crippen molar-refractivity contribution >= 4 is 33.3 Å². The Bertz CT molecular complexity index is 437. The van der Waals surface area contributed by atoms with Gasteiger partial charge in [-0.15, -0.1) is 0 Å². The van der Waals surface area contributed by atoms with E-state index in [0.29, 0.717) is 0 Å². The number of carboxylic acid groups (broad SMARTS) is 1. The molecule has 0 radical (unpaired) electrons. The van der Waals surface area contributed by atoms with E-state index in [4.69, 9.17) is 5.11 Å². The van der Waals surface area contributed by atoms with E-state index in [1.54, 1.807) is 0 Å². The molecular weight excluding hydrogens is 284 g/mol. The van der Waals surface area contributed by atoms with Crippen LogP contribution in [0.25, 0.3) is 0 Å². The third kappa shape index (κ3) is 2.72. The van der Waals surface area contributed by atoms with Gasteiger partial charge in [0.15, 0.2) is 0 Å². The minimum atomic E-state index is -0.788. The average Bonchev–Trinajstić information content (AvgIpc) is 2.39. The number of fused-ring (bicyclic) bond motifs is 1. The first kappa shape index (κ1) is 12.2. The number of hydrogen-bond acceptors (Lipinski definition) is 3. The Morgan fingerprint density at radius 2 is 2.18 bits per heavy atom. The van der Waals surface area contributed by atoms with Gasteiger partial charge in [0.25, 0.3) is 0 Å². The summed E-state index contributed by atoms with van der Waals surface area (Å²) in [6.07, 6.45) is 0.968. The fraction of sp³-hybridized carbons (Fsp3) is 0.417. The van der Waals surface area contributed by atoms with E-state index >= 15 is 0 Å². The van der Waals surface area contributed by atoms with Crippen LogP contribution in [0, 0.1) is 0 Å². The quantitative estimate of drug-likeness (QED) is 0.909. The highest BCUT2D eigenvalue weighted by Gasteiger charge is 2.20. The van der Waals surface area contributed by atoms with Gasteiger partial charge >= 0.3 is 5.97 Å². The van der Waals surface area contributed by atoms with Crippen molar-refractivity contribution in [2.45, 2.75) is 6.42 Å². The lowest BCUT2D eigenvalue weighted by Gasteiger charge is -2.24. The summed E-state index contributed by atoms with van der Waals surface area (Å²) >= 11 is 3.45. The second kappa shape index (κ2) is 4.96. The van der Waals surface area contributed by atoms with Crippen LogP contribution in [0.5, 0.6) is 0 Å². The van der Waals surface area contributed by atoms with E-state index in [9.17, 15) is 4.79 Å². The highest BCUT2D eigenvalue weighted by molar-refractivity contribution is 9.10. The maximum atomic E-state index is 10.9. The normalized spacial score (nSPS) is 15.4. The standard InChI is InChI=1S/C12H15BrN2O2/c1-14-5-2-6-15(8-12(16)17)10-4-3-9(13)7-11(10)14/h3-4,7H,2,5-6,8H2,1H3,(H,16,17). The molecule has 1 N–H and O–H groups in total. The first-order valence-corrected chi connectivity index (χ1v) is 6.34. The third-order valence-electron chi connectivity index (χ3n) is 2.94. The lowest BCUT2D eigenvalue weighted by atomic mass is 10.2. The Morgan fingerprint density at radius 1 is 1.41 bits per heavy atom. The summed E-state index contributed by atoms with van der Waals surface area (Å²) in [6, 6.07) is 5.96. The lowest BCUT2D eigenvalue weighted by Crippen LogP contribution is -2.30. The van der Waals surface area contributed by atoms with Crippen molar-refractivity contribution < 1.29 is 9.90 Å². The van der Waals surface area contributed by atoms with Crippen LogP contribution >= 0.6 is 15.9 Å². The van der Waals surface area contributed by atoms with Crippen LogP contribution in [0.2, 0.25) is 0 Å². The maximum absolute atomic E-state index is 10.9. The Labute approximate surface area is 109 Å². The van der Waals surface area contributed by atoms with E-state index in [1.165, 1.54) is 0 Å². The van der Waals surface area contributed by atoms with E-state index < -0.39 is 5.97 Å². The number of carboxylic acids is 1. The molecule has 0 unspecified atom stereocenters. The molecule has 1 aromatic carbocycles. The second-order valence-corrected chi connectivity index (χ2v) is 5.14. The number of nitrogens with zero attached hydrogens (tertiary/aromatic N) is 2. The summed E-state index contributed by atoms with van der Waals surface area (Å²) in [6.45, 7) is 1.79. The van der Waals surface area contributed by atoms with Gasteiger partial charge in [-0.2, -0.15) is 0 Å². The van der Waals surface area contributed by atoms with Gasteiger partial charge in [0, 0.05) is 24.6 Å². The van der Waals surface area contributed by atoms with E-state index in [0.717, 1.165) is 35.4 Å². The van der Waals surface area contributed by atoms with Crippen molar-refractivity contribution in [3.05, 3.63) is 22.7 Å². The van der Waals surface area contributed by atoms with Gasteiger partial charge in [0.1, 0.15) is 6.54 Å². The maximum Gasteiger partial charge on any atom is 0.323 e. The molecule has 4 nitrogen and oxygen atoms in total. The third-order valence-corrected chi connectivity index (χ3v) is 3.43. The molecular formula is C12H15BrN2O2. The highest BCUT2D eigenvalue weighted by Crippen LogP contribution is 2.33. The Kier molecular flexibility index (Phi) is 3.57. The molecule has 1 heterocycles. The molecule has 0 fully saturated rings. The zero-order valence-electron chi connectivity index (χ0n) is 9.69. The van der Waals surface area contributed by atoms with Gasteiger partial charge in [-0.3, -0.25) is 4.79 Å². The number of aliphatic carboxylic acids is 1. The van der Waals surface area contributed by atoms with Crippen molar-refractivity contribution in [1.82, 2.24) is 0 Å². The monoisotopic (exact) mass is 298 g/mol. The molecule has 0 atom stereocenters. The molecule has 0 aliphatic carbocycles. The number of rotatable bonds is 2. The fourth-order valence-electron chi connectivity index (χ4n) is 2.14. The number of benzene rings is 1. The molecule has 17 heavy (non-hydrogen) atoms. The molecule has 0 bridgehead atoms. The Hall–Kier alpha value is -1.23. The topological polar surface area (TPSA) is 43.8 Å². The van der Waals surface area contributed by atoms with Crippen molar-refractivity contribution in [2.24, 2.45) is 0 Å². The summed E-state index contributed by atoms with van der Waals surface area (Å²) in [5, 5.41) is 8.94. The smallest absolute Gasteiger partial charge is 0.323 e. The van der Waals surface area contributed by atoms with Crippen molar-refractivity contribution in [3.8, 4) is 0 Å². The number of halogens is 1. The fourth-order valence-corrected chi connectivity index (χ4v) is 2.49. The zero-order chi connectivity index (χ0) is 12.4. The largest absolute Gasteiger partial charge is 0.480 e. The number of anilines is 2. The van der Waals surface area contributed by atoms with Crippen molar-refractivity contribution in [3.63, 3.8) is 0 Å². The summed E-state index contributed by atoms with van der Waals surface area (Å²) in [4.78, 5) is 15.0. The molecule has 1 aliphatic heterocycles. The van der Waals surface area contributed by atoms with Crippen LogP contribution in [0.4, 0.5) is 11.4 Å². The van der Waals surface area contributed by atoms with Gasteiger partial charge in [0.2, 0.25) is 0 Å². The molecule has 5 heteroatoms. The molecule has 0 saturated heterocycles. The molecule has 2 rings (SSSR count). The zero-order valence-corrected chi connectivity index (χ0v) is 11.3. The van der Waals surface area contributed by atoms with Gasteiger partial charge in [-0.25, -0.2) is 0 Å². The molecule has 0 spiro atoms. The summed E-state index contributed by atoms with van der Waals surface area (Å²) < 4.78 is 1.01.